The predicted octanol–water partition coefficient (Wildman–Crippen LogP) is 0.398. The lowest BCUT2D eigenvalue weighted by Gasteiger charge is -2.37. The largest absolute Gasteiger partial charge is 0.481 e. The van der Waals surface area contributed by atoms with Gasteiger partial charge in [0.15, 0.2) is 0 Å². The minimum Gasteiger partial charge on any atom is -0.481 e. The molecule has 0 atom stereocenters. The maximum absolute atomic E-state index is 11.5. The molecule has 7 nitrogen and oxygen atoms in total. The second-order valence-corrected chi connectivity index (χ2v) is 4.16. The summed E-state index contributed by atoms with van der Waals surface area (Å²) in [6.45, 7) is 0.812. The van der Waals surface area contributed by atoms with Crippen molar-refractivity contribution in [3.63, 3.8) is 0 Å². The molecule has 7 heteroatoms. The van der Waals surface area contributed by atoms with E-state index in [1.165, 1.54) is 14.2 Å². The number of pyridine rings is 1. The maximum atomic E-state index is 11.5. The van der Waals surface area contributed by atoms with Crippen molar-refractivity contribution in [1.29, 1.82) is 0 Å². The summed E-state index contributed by atoms with van der Waals surface area (Å²) in [6.07, 6.45) is 0. The zero-order valence-corrected chi connectivity index (χ0v) is 10.6. The van der Waals surface area contributed by atoms with Crippen molar-refractivity contribution in [2.45, 2.75) is 0 Å². The molecule has 0 amide bonds. The lowest BCUT2D eigenvalue weighted by molar-refractivity contribution is -0.142. The van der Waals surface area contributed by atoms with Gasteiger partial charge < -0.3 is 19.5 Å². The van der Waals surface area contributed by atoms with Crippen molar-refractivity contribution >= 4 is 17.8 Å². The molecular weight excluding hydrogens is 252 g/mol. The van der Waals surface area contributed by atoms with Gasteiger partial charge in [0.05, 0.1) is 20.1 Å². The number of nitrogens with zero attached hydrogens (tertiary/aromatic N) is 2. The monoisotopic (exact) mass is 266 g/mol. The van der Waals surface area contributed by atoms with Crippen LogP contribution in [-0.2, 0) is 9.53 Å². The van der Waals surface area contributed by atoms with Crippen LogP contribution in [0, 0.1) is 5.92 Å². The summed E-state index contributed by atoms with van der Waals surface area (Å²) in [7, 11) is 2.69. The van der Waals surface area contributed by atoms with Crippen LogP contribution in [-0.4, -0.2) is 49.3 Å². The molecular formula is C12H14N2O5. The number of hydrogen-bond acceptors (Lipinski definition) is 6. The van der Waals surface area contributed by atoms with E-state index in [4.69, 9.17) is 9.84 Å². The molecule has 102 valence electrons. The highest BCUT2D eigenvalue weighted by Crippen LogP contribution is 2.27. The quantitative estimate of drug-likeness (QED) is 0.789. The zero-order valence-electron chi connectivity index (χ0n) is 10.6. The van der Waals surface area contributed by atoms with E-state index in [0.29, 0.717) is 18.9 Å². The maximum Gasteiger partial charge on any atom is 0.343 e. The van der Waals surface area contributed by atoms with E-state index < -0.39 is 11.9 Å². The summed E-state index contributed by atoms with van der Waals surface area (Å²) < 4.78 is 9.66. The van der Waals surface area contributed by atoms with Gasteiger partial charge in [-0.3, -0.25) is 4.79 Å². The van der Waals surface area contributed by atoms with Crippen LogP contribution in [0.4, 0.5) is 5.82 Å². The van der Waals surface area contributed by atoms with Crippen molar-refractivity contribution < 1.29 is 24.2 Å². The van der Waals surface area contributed by atoms with Crippen molar-refractivity contribution in [2.24, 2.45) is 5.92 Å². The van der Waals surface area contributed by atoms with Crippen molar-refractivity contribution in [3.05, 3.63) is 17.7 Å². The van der Waals surface area contributed by atoms with Crippen LogP contribution in [0.2, 0.25) is 0 Å². The molecule has 1 saturated heterocycles. The highest BCUT2D eigenvalue weighted by molar-refractivity contribution is 5.92. The Morgan fingerprint density at radius 1 is 1.37 bits per heavy atom. The first kappa shape index (κ1) is 13.1. The number of aliphatic carboxylic acids is 1. The fourth-order valence-corrected chi connectivity index (χ4v) is 1.85. The third-order valence-corrected chi connectivity index (χ3v) is 3.00. The molecule has 0 saturated carbocycles. The third kappa shape index (κ3) is 2.44. The Morgan fingerprint density at radius 3 is 2.58 bits per heavy atom. The highest BCUT2D eigenvalue weighted by atomic mass is 16.5. The second kappa shape index (κ2) is 5.13. The molecule has 0 unspecified atom stereocenters. The lowest BCUT2D eigenvalue weighted by atomic mass is 10.0. The fourth-order valence-electron chi connectivity index (χ4n) is 1.85. The number of ether oxygens (including phenoxy) is 2. The molecule has 0 aliphatic carbocycles. The Bertz CT molecular complexity index is 511. The number of carbonyl (C=O) groups excluding carboxylic acids is 1. The second-order valence-electron chi connectivity index (χ2n) is 4.16. The van der Waals surface area contributed by atoms with Gasteiger partial charge in [-0.25, -0.2) is 4.79 Å². The number of rotatable bonds is 4. The van der Waals surface area contributed by atoms with E-state index in [2.05, 4.69) is 9.72 Å². The third-order valence-electron chi connectivity index (χ3n) is 3.00. The smallest absolute Gasteiger partial charge is 0.343 e. The predicted molar refractivity (Wildman–Crippen MR) is 65.5 cm³/mol. The first-order valence-electron chi connectivity index (χ1n) is 5.68. The van der Waals surface area contributed by atoms with Crippen molar-refractivity contribution in [2.75, 3.05) is 32.2 Å². The van der Waals surface area contributed by atoms with E-state index in [1.807, 2.05) is 4.90 Å². The number of aromatic nitrogens is 1. The summed E-state index contributed by atoms with van der Waals surface area (Å²) in [4.78, 5) is 28.2. The van der Waals surface area contributed by atoms with E-state index in [9.17, 15) is 9.59 Å². The first-order valence-corrected chi connectivity index (χ1v) is 5.68. The van der Waals surface area contributed by atoms with E-state index in [1.54, 1.807) is 12.1 Å². The van der Waals surface area contributed by atoms with Crippen LogP contribution in [0.1, 0.15) is 10.4 Å². The first-order chi connectivity index (χ1) is 9.06. The van der Waals surface area contributed by atoms with Crippen LogP contribution in [0.15, 0.2) is 12.1 Å². The molecule has 1 fully saturated rings. The molecule has 1 N–H and O–H groups in total. The van der Waals surface area contributed by atoms with Crippen LogP contribution in [0.3, 0.4) is 0 Å². The molecule has 2 rings (SSSR count). The molecule has 0 bridgehead atoms. The van der Waals surface area contributed by atoms with Gasteiger partial charge >= 0.3 is 11.9 Å². The average molecular weight is 266 g/mol. The fraction of sp³-hybridized carbons (Fsp3) is 0.417. The van der Waals surface area contributed by atoms with Crippen LogP contribution >= 0.6 is 0 Å². The topological polar surface area (TPSA) is 89.0 Å². The number of carbonyl (C=O) groups is 2. The minimum atomic E-state index is -0.811. The SMILES string of the molecule is COC(=O)c1ccc(N2CC(C(=O)O)C2)nc1OC. The highest BCUT2D eigenvalue weighted by Gasteiger charge is 2.33. The molecule has 2 heterocycles. The number of anilines is 1. The van der Waals surface area contributed by atoms with Crippen LogP contribution in [0.5, 0.6) is 5.88 Å². The van der Waals surface area contributed by atoms with Gasteiger partial charge in [0, 0.05) is 13.1 Å². The minimum absolute atomic E-state index is 0.170. The Hall–Kier alpha value is -2.31. The van der Waals surface area contributed by atoms with E-state index >= 15 is 0 Å². The summed E-state index contributed by atoms with van der Waals surface area (Å²) in [6, 6.07) is 3.20. The van der Waals surface area contributed by atoms with Gasteiger partial charge in [-0.1, -0.05) is 0 Å². The van der Waals surface area contributed by atoms with Gasteiger partial charge in [0.1, 0.15) is 11.4 Å². The molecule has 1 aromatic heterocycles. The Balaban J connectivity index is 2.17. The van der Waals surface area contributed by atoms with Crippen molar-refractivity contribution in [3.8, 4) is 5.88 Å². The summed E-state index contributed by atoms with van der Waals surface area (Å²) >= 11 is 0. The summed E-state index contributed by atoms with van der Waals surface area (Å²) in [5, 5.41) is 8.81. The zero-order chi connectivity index (χ0) is 14.0. The standard InChI is InChI=1S/C12H14N2O5/c1-18-10-8(12(17)19-2)3-4-9(13-10)14-5-7(6-14)11(15)16/h3-4,7H,5-6H2,1-2H3,(H,15,16). The normalized spacial score (nSPS) is 14.7. The molecule has 1 aliphatic heterocycles. The molecule has 19 heavy (non-hydrogen) atoms. The molecule has 1 aromatic rings. The number of carboxylic acid groups (broad SMARTS) is 1. The summed E-state index contributed by atoms with van der Waals surface area (Å²) in [5.74, 6) is -0.949. The number of esters is 1. The van der Waals surface area contributed by atoms with Crippen LogP contribution in [0.25, 0.3) is 0 Å². The van der Waals surface area contributed by atoms with Gasteiger partial charge in [-0.15, -0.1) is 0 Å². The number of hydrogen-bond donors (Lipinski definition) is 1. The lowest BCUT2D eigenvalue weighted by Crippen LogP contribution is -2.50. The molecule has 1 aliphatic rings. The van der Waals surface area contributed by atoms with Crippen molar-refractivity contribution in [1.82, 2.24) is 4.98 Å². The van der Waals surface area contributed by atoms with Gasteiger partial charge in [-0.2, -0.15) is 4.98 Å². The van der Waals surface area contributed by atoms with E-state index in [-0.39, 0.29) is 17.4 Å². The average Bonchev–Trinajstić information content (AvgIpc) is 2.35. The summed E-state index contributed by atoms with van der Waals surface area (Å²) in [5.41, 5.74) is 0.240. The Labute approximate surface area is 109 Å². The molecule has 0 spiro atoms. The Morgan fingerprint density at radius 2 is 2.05 bits per heavy atom. The Kier molecular flexibility index (Phi) is 3.55. The van der Waals surface area contributed by atoms with Gasteiger partial charge in [0.25, 0.3) is 0 Å². The number of methoxy groups -OCH3 is 2. The molecule has 0 radical (unpaired) electrons. The molecule has 0 aromatic carbocycles. The van der Waals surface area contributed by atoms with Gasteiger partial charge in [0.2, 0.25) is 5.88 Å². The van der Waals surface area contributed by atoms with E-state index in [0.717, 1.165) is 0 Å². The van der Waals surface area contributed by atoms with Gasteiger partial charge in [-0.05, 0) is 12.1 Å². The number of carboxylic acids is 1. The van der Waals surface area contributed by atoms with Crippen LogP contribution < -0.4 is 9.64 Å².